The van der Waals surface area contributed by atoms with Crippen LogP contribution in [0.25, 0.3) is 0 Å². The number of amides is 2. The second kappa shape index (κ2) is 14.8. The number of benzene rings is 2. The Labute approximate surface area is 228 Å². The molecule has 0 saturated carbocycles. The van der Waals surface area contributed by atoms with Crippen molar-refractivity contribution in [3.8, 4) is 5.75 Å². The molecule has 2 aromatic carbocycles. The molecule has 9 heteroatoms. The van der Waals surface area contributed by atoms with Gasteiger partial charge in [-0.3, -0.25) is 13.9 Å². The topological polar surface area (TPSA) is 96.0 Å². The van der Waals surface area contributed by atoms with E-state index in [0.29, 0.717) is 49.9 Å². The molecule has 2 amide bonds. The summed E-state index contributed by atoms with van der Waals surface area (Å²) in [6.07, 6.45) is 2.01. The van der Waals surface area contributed by atoms with Crippen molar-refractivity contribution in [1.82, 2.24) is 10.2 Å². The Morgan fingerprint density at radius 2 is 1.68 bits per heavy atom. The first-order valence-corrected chi connectivity index (χ1v) is 15.1. The molecule has 0 radical (unpaired) electrons. The number of hydrogen-bond acceptors (Lipinski definition) is 5. The molecule has 0 spiro atoms. The van der Waals surface area contributed by atoms with Crippen LogP contribution in [0.15, 0.2) is 48.5 Å². The Bertz CT molecular complexity index is 1150. The molecule has 1 N–H and O–H groups in total. The fourth-order valence-corrected chi connectivity index (χ4v) is 5.12. The SMILES string of the molecule is CCOc1ccccc1N(CCCC(=O)N(Cc1ccc(C)cc1)[C@H](CC)C(=O)NCC(C)C)S(C)(=O)=O. The standard InChI is InChI=1S/C29H43N3O5S/c1-7-25(29(34)30-20-22(3)4)31(21-24-17-15-23(5)16-18-24)28(33)14-11-19-32(38(6,35)36)26-12-9-10-13-27(26)37-8-2/h9-10,12-13,15-18,22,25H,7-8,11,14,19-21H2,1-6H3,(H,30,34)/t25-/m1/s1. The van der Waals surface area contributed by atoms with Crippen LogP contribution in [-0.4, -0.2) is 57.1 Å². The highest BCUT2D eigenvalue weighted by atomic mass is 32.2. The Morgan fingerprint density at radius 3 is 2.26 bits per heavy atom. The third-order valence-corrected chi connectivity index (χ3v) is 7.31. The third-order valence-electron chi connectivity index (χ3n) is 6.13. The van der Waals surface area contributed by atoms with Gasteiger partial charge in [0.05, 0.1) is 18.6 Å². The summed E-state index contributed by atoms with van der Waals surface area (Å²) in [6.45, 7) is 11.1. The zero-order valence-corrected chi connectivity index (χ0v) is 24.4. The summed E-state index contributed by atoms with van der Waals surface area (Å²) in [5.41, 5.74) is 2.49. The molecule has 38 heavy (non-hydrogen) atoms. The van der Waals surface area contributed by atoms with Crippen LogP contribution in [0.5, 0.6) is 5.75 Å². The zero-order valence-electron chi connectivity index (χ0n) is 23.6. The minimum atomic E-state index is -3.62. The molecule has 8 nitrogen and oxygen atoms in total. The molecule has 0 aliphatic rings. The van der Waals surface area contributed by atoms with E-state index in [9.17, 15) is 18.0 Å². The van der Waals surface area contributed by atoms with Crippen LogP contribution in [0.3, 0.4) is 0 Å². The van der Waals surface area contributed by atoms with Gasteiger partial charge in [-0.15, -0.1) is 0 Å². The maximum absolute atomic E-state index is 13.5. The molecule has 2 rings (SSSR count). The second-order valence-corrected chi connectivity index (χ2v) is 11.8. The molecule has 1 atom stereocenters. The summed E-state index contributed by atoms with van der Waals surface area (Å²) >= 11 is 0. The Hall–Kier alpha value is -3.07. The first-order valence-electron chi connectivity index (χ1n) is 13.3. The van der Waals surface area contributed by atoms with Crippen LogP contribution in [0.2, 0.25) is 0 Å². The molecule has 0 aromatic heterocycles. The van der Waals surface area contributed by atoms with E-state index in [0.717, 1.165) is 17.4 Å². The van der Waals surface area contributed by atoms with Gasteiger partial charge in [-0.2, -0.15) is 0 Å². The van der Waals surface area contributed by atoms with Gasteiger partial charge in [0.2, 0.25) is 21.8 Å². The number of carbonyl (C=O) groups excluding carboxylic acids is 2. The molecule has 0 aliphatic carbocycles. The molecule has 0 fully saturated rings. The van der Waals surface area contributed by atoms with Crippen molar-refractivity contribution in [3.63, 3.8) is 0 Å². The summed E-state index contributed by atoms with van der Waals surface area (Å²) in [7, 11) is -3.62. The fraction of sp³-hybridized carbons (Fsp3) is 0.517. The molecule has 210 valence electrons. The number of nitrogens with one attached hydrogen (secondary N) is 1. The van der Waals surface area contributed by atoms with E-state index in [4.69, 9.17) is 4.74 Å². The normalized spacial score (nSPS) is 12.2. The van der Waals surface area contributed by atoms with Gasteiger partial charge < -0.3 is 15.0 Å². The lowest BCUT2D eigenvalue weighted by Gasteiger charge is -2.31. The number of para-hydroxylation sites is 2. The van der Waals surface area contributed by atoms with Gasteiger partial charge in [-0.1, -0.05) is 62.7 Å². The molecule has 0 heterocycles. The molecule has 2 aromatic rings. The van der Waals surface area contributed by atoms with E-state index in [-0.39, 0.29) is 24.8 Å². The number of rotatable bonds is 15. The quantitative estimate of drug-likeness (QED) is 0.355. The summed E-state index contributed by atoms with van der Waals surface area (Å²) in [6, 6.07) is 14.2. The first kappa shape index (κ1) is 31.1. The van der Waals surface area contributed by atoms with E-state index >= 15 is 0 Å². The minimum Gasteiger partial charge on any atom is -0.492 e. The fourth-order valence-electron chi connectivity index (χ4n) is 4.16. The van der Waals surface area contributed by atoms with Crippen molar-refractivity contribution < 1.29 is 22.7 Å². The van der Waals surface area contributed by atoms with Gasteiger partial charge in [0.1, 0.15) is 11.8 Å². The van der Waals surface area contributed by atoms with Gasteiger partial charge in [-0.25, -0.2) is 8.42 Å². The van der Waals surface area contributed by atoms with Crippen molar-refractivity contribution in [1.29, 1.82) is 0 Å². The van der Waals surface area contributed by atoms with E-state index in [1.165, 1.54) is 4.31 Å². The lowest BCUT2D eigenvalue weighted by atomic mass is 10.1. The van der Waals surface area contributed by atoms with Crippen molar-refractivity contribution in [2.75, 3.05) is 30.3 Å². The van der Waals surface area contributed by atoms with Crippen LogP contribution in [0.1, 0.15) is 58.1 Å². The first-order chi connectivity index (χ1) is 18.0. The van der Waals surface area contributed by atoms with Crippen molar-refractivity contribution in [2.45, 2.75) is 66.5 Å². The lowest BCUT2D eigenvalue weighted by molar-refractivity contribution is -0.141. The number of nitrogens with zero attached hydrogens (tertiary/aromatic N) is 2. The molecule has 0 bridgehead atoms. The van der Waals surface area contributed by atoms with E-state index in [2.05, 4.69) is 5.32 Å². The molecular weight excluding hydrogens is 502 g/mol. The summed E-state index contributed by atoms with van der Waals surface area (Å²) in [5, 5.41) is 2.96. The summed E-state index contributed by atoms with van der Waals surface area (Å²) < 4.78 is 32.2. The highest BCUT2D eigenvalue weighted by Gasteiger charge is 2.29. The van der Waals surface area contributed by atoms with Crippen molar-refractivity contribution >= 4 is 27.5 Å². The number of ether oxygens (including phenoxy) is 1. The highest BCUT2D eigenvalue weighted by molar-refractivity contribution is 7.92. The molecule has 0 saturated heterocycles. The maximum atomic E-state index is 13.5. The van der Waals surface area contributed by atoms with Gasteiger partial charge in [0.15, 0.2) is 0 Å². The van der Waals surface area contributed by atoms with Crippen LogP contribution >= 0.6 is 0 Å². The number of hydrogen-bond donors (Lipinski definition) is 1. The van der Waals surface area contributed by atoms with Crippen LogP contribution in [0, 0.1) is 12.8 Å². The molecular formula is C29H43N3O5S. The predicted molar refractivity (Wildman–Crippen MR) is 153 cm³/mol. The number of carbonyl (C=O) groups is 2. The average molecular weight is 546 g/mol. The van der Waals surface area contributed by atoms with E-state index in [1.54, 1.807) is 29.2 Å². The van der Waals surface area contributed by atoms with Gasteiger partial charge in [0, 0.05) is 26.1 Å². The maximum Gasteiger partial charge on any atom is 0.242 e. The number of sulfonamides is 1. The van der Waals surface area contributed by atoms with Gasteiger partial charge in [-0.05, 0) is 50.3 Å². The van der Waals surface area contributed by atoms with E-state index < -0.39 is 16.1 Å². The van der Waals surface area contributed by atoms with Crippen LogP contribution < -0.4 is 14.4 Å². The Balaban J connectivity index is 2.24. The molecule has 0 aliphatic heterocycles. The van der Waals surface area contributed by atoms with Gasteiger partial charge >= 0.3 is 0 Å². The predicted octanol–water partition coefficient (Wildman–Crippen LogP) is 4.52. The van der Waals surface area contributed by atoms with Crippen molar-refractivity contribution in [2.24, 2.45) is 5.92 Å². The average Bonchev–Trinajstić information content (AvgIpc) is 2.86. The zero-order chi connectivity index (χ0) is 28.3. The van der Waals surface area contributed by atoms with Crippen molar-refractivity contribution in [3.05, 3.63) is 59.7 Å². The largest absolute Gasteiger partial charge is 0.492 e. The monoisotopic (exact) mass is 545 g/mol. The smallest absolute Gasteiger partial charge is 0.242 e. The van der Waals surface area contributed by atoms with Crippen LogP contribution in [0.4, 0.5) is 5.69 Å². The third kappa shape index (κ3) is 9.35. The summed E-state index contributed by atoms with van der Waals surface area (Å²) in [5.74, 6) is 0.397. The highest BCUT2D eigenvalue weighted by Crippen LogP contribution is 2.30. The number of anilines is 1. The summed E-state index contributed by atoms with van der Waals surface area (Å²) in [4.78, 5) is 28.2. The Kier molecular flexibility index (Phi) is 12.1. The Morgan fingerprint density at radius 1 is 1.03 bits per heavy atom. The second-order valence-electron chi connectivity index (χ2n) is 9.91. The molecule has 0 unspecified atom stereocenters. The number of aryl methyl sites for hydroxylation is 1. The van der Waals surface area contributed by atoms with E-state index in [1.807, 2.05) is 58.9 Å². The van der Waals surface area contributed by atoms with Gasteiger partial charge in [0.25, 0.3) is 0 Å². The lowest BCUT2D eigenvalue weighted by Crippen LogP contribution is -2.49. The minimum absolute atomic E-state index is 0.0998. The van der Waals surface area contributed by atoms with Crippen LogP contribution in [-0.2, 0) is 26.2 Å².